The Morgan fingerprint density at radius 2 is 1.83 bits per heavy atom. The van der Waals surface area contributed by atoms with Gasteiger partial charge in [-0.3, -0.25) is 14.3 Å². The van der Waals surface area contributed by atoms with Crippen molar-refractivity contribution in [1.82, 2.24) is 19.7 Å². The minimum atomic E-state index is -2.52. The molecule has 1 N–H and O–H groups in total. The van der Waals surface area contributed by atoms with Crippen molar-refractivity contribution in [2.75, 3.05) is 18.2 Å². The molecule has 2 aromatic heterocycles. The number of methoxy groups -OCH3 is 1. The van der Waals surface area contributed by atoms with Crippen LogP contribution in [-0.4, -0.2) is 50.2 Å². The molecule has 0 aliphatic rings. The molecule has 0 spiro atoms. The summed E-state index contributed by atoms with van der Waals surface area (Å²) in [5.41, 5.74) is 1.90. The van der Waals surface area contributed by atoms with Crippen LogP contribution in [0.1, 0.15) is 10.4 Å². The number of nitrogens with zero attached hydrogens (tertiary/aromatic N) is 4. The number of thioether (sulfide) groups is 2. The predicted molar refractivity (Wildman–Crippen MR) is 134 cm³/mol. The first kappa shape index (κ1) is 25.3. The van der Waals surface area contributed by atoms with Crippen molar-refractivity contribution in [3.05, 3.63) is 78.6 Å². The molecule has 0 saturated heterocycles. The van der Waals surface area contributed by atoms with E-state index in [4.69, 9.17) is 4.74 Å². The molecule has 0 atom stereocenters. The van der Waals surface area contributed by atoms with Crippen LogP contribution in [0.3, 0.4) is 0 Å². The van der Waals surface area contributed by atoms with Crippen LogP contribution in [0.2, 0.25) is 0 Å². The highest BCUT2D eigenvalue weighted by atomic mass is 32.2. The Bertz CT molecular complexity index is 1350. The summed E-state index contributed by atoms with van der Waals surface area (Å²) in [5, 5.41) is 11.7. The Balaban J connectivity index is 1.58. The fraction of sp³-hybridized carbons (Fsp3) is 0.125. The number of esters is 1. The van der Waals surface area contributed by atoms with Gasteiger partial charge in [0.05, 0.1) is 24.1 Å². The Labute approximate surface area is 213 Å². The van der Waals surface area contributed by atoms with E-state index in [0.29, 0.717) is 44.6 Å². The number of para-hydroxylation sites is 1. The van der Waals surface area contributed by atoms with Crippen molar-refractivity contribution in [3.63, 3.8) is 0 Å². The molecule has 0 bridgehead atoms. The SMILES string of the molecule is COC(=O)c1ccccc1NC(=O)CSc1nnc(-c2cccnc2)n1-c1ccc(SC(F)F)cc1. The first-order chi connectivity index (χ1) is 17.5. The van der Waals surface area contributed by atoms with Crippen LogP contribution in [0.25, 0.3) is 17.1 Å². The first-order valence-electron chi connectivity index (χ1n) is 10.5. The van der Waals surface area contributed by atoms with Crippen LogP contribution in [0.4, 0.5) is 14.5 Å². The lowest BCUT2D eigenvalue weighted by atomic mass is 10.2. The summed E-state index contributed by atoms with van der Waals surface area (Å²) >= 11 is 1.59. The topological polar surface area (TPSA) is 99.0 Å². The number of amides is 1. The van der Waals surface area contributed by atoms with Gasteiger partial charge in [-0.15, -0.1) is 10.2 Å². The molecule has 0 unspecified atom stereocenters. The molecule has 36 heavy (non-hydrogen) atoms. The van der Waals surface area contributed by atoms with E-state index >= 15 is 0 Å². The summed E-state index contributed by atoms with van der Waals surface area (Å²) < 4.78 is 32.0. The van der Waals surface area contributed by atoms with Gasteiger partial charge in [0.2, 0.25) is 5.91 Å². The third-order valence-electron chi connectivity index (χ3n) is 4.81. The standard InChI is InChI=1S/C24H19F2N5O3S2/c1-34-22(33)18-6-2-3-7-19(18)28-20(32)14-35-24-30-29-21(15-5-4-12-27-13-15)31(24)16-8-10-17(11-9-16)36-23(25)26/h2-13,23H,14H2,1H3,(H,28,32). The number of carbonyl (C=O) groups excluding carboxylic acids is 2. The highest BCUT2D eigenvalue weighted by Crippen LogP contribution is 2.30. The molecule has 184 valence electrons. The summed E-state index contributed by atoms with van der Waals surface area (Å²) in [4.78, 5) is 29.2. The average Bonchev–Trinajstić information content (AvgIpc) is 3.32. The number of alkyl halides is 2. The van der Waals surface area contributed by atoms with E-state index in [1.807, 2.05) is 6.07 Å². The van der Waals surface area contributed by atoms with Gasteiger partial charge < -0.3 is 10.1 Å². The van der Waals surface area contributed by atoms with E-state index in [0.717, 1.165) is 11.8 Å². The van der Waals surface area contributed by atoms with Gasteiger partial charge in [-0.25, -0.2) is 4.79 Å². The first-order valence-corrected chi connectivity index (χ1v) is 12.3. The van der Waals surface area contributed by atoms with Gasteiger partial charge in [0, 0.05) is 28.5 Å². The number of ether oxygens (including phenoxy) is 1. The van der Waals surface area contributed by atoms with Gasteiger partial charge in [0.15, 0.2) is 11.0 Å². The van der Waals surface area contributed by atoms with Gasteiger partial charge in [-0.1, -0.05) is 35.7 Å². The Morgan fingerprint density at radius 3 is 2.53 bits per heavy atom. The molecular formula is C24H19F2N5O3S2. The Hall–Kier alpha value is -3.77. The number of hydrogen-bond acceptors (Lipinski definition) is 8. The zero-order chi connectivity index (χ0) is 25.5. The molecule has 12 heteroatoms. The van der Waals surface area contributed by atoms with E-state index in [9.17, 15) is 18.4 Å². The van der Waals surface area contributed by atoms with Crippen molar-refractivity contribution in [3.8, 4) is 17.1 Å². The number of pyridine rings is 1. The monoisotopic (exact) mass is 527 g/mol. The normalized spacial score (nSPS) is 10.9. The van der Waals surface area contributed by atoms with Crippen molar-refractivity contribution in [1.29, 1.82) is 0 Å². The van der Waals surface area contributed by atoms with E-state index in [1.165, 1.54) is 7.11 Å². The van der Waals surface area contributed by atoms with E-state index < -0.39 is 11.7 Å². The van der Waals surface area contributed by atoms with Gasteiger partial charge in [-0.2, -0.15) is 8.78 Å². The fourth-order valence-corrected chi connectivity index (χ4v) is 4.50. The lowest BCUT2D eigenvalue weighted by Gasteiger charge is -2.12. The molecular weight excluding hydrogens is 508 g/mol. The number of benzene rings is 2. The molecule has 0 aliphatic carbocycles. The second-order valence-corrected chi connectivity index (χ2v) is 9.14. The highest BCUT2D eigenvalue weighted by Gasteiger charge is 2.19. The minimum absolute atomic E-state index is 0.0278. The van der Waals surface area contributed by atoms with Crippen LogP contribution < -0.4 is 5.32 Å². The summed E-state index contributed by atoms with van der Waals surface area (Å²) in [6, 6.07) is 16.7. The van der Waals surface area contributed by atoms with Crippen molar-refractivity contribution >= 4 is 41.1 Å². The summed E-state index contributed by atoms with van der Waals surface area (Å²) in [5.74, 6) is -2.99. The number of anilines is 1. The van der Waals surface area contributed by atoms with Crippen LogP contribution >= 0.6 is 23.5 Å². The predicted octanol–water partition coefficient (Wildman–Crippen LogP) is 5.16. The molecule has 4 rings (SSSR count). The second kappa shape index (κ2) is 11.8. The summed E-state index contributed by atoms with van der Waals surface area (Å²) in [6.45, 7) is 0. The highest BCUT2D eigenvalue weighted by molar-refractivity contribution is 8.00. The quantitative estimate of drug-likeness (QED) is 0.235. The van der Waals surface area contributed by atoms with Gasteiger partial charge in [0.25, 0.3) is 5.76 Å². The second-order valence-electron chi connectivity index (χ2n) is 7.13. The average molecular weight is 528 g/mol. The third-order valence-corrected chi connectivity index (χ3v) is 6.46. The maximum absolute atomic E-state index is 12.7. The molecule has 1 amide bonds. The van der Waals surface area contributed by atoms with Gasteiger partial charge in [-0.05, 0) is 48.5 Å². The van der Waals surface area contributed by atoms with Crippen molar-refractivity contribution < 1.29 is 23.1 Å². The van der Waals surface area contributed by atoms with Crippen molar-refractivity contribution in [2.24, 2.45) is 0 Å². The Kier molecular flexibility index (Phi) is 8.28. The maximum atomic E-state index is 12.7. The number of hydrogen-bond donors (Lipinski definition) is 1. The molecule has 8 nitrogen and oxygen atoms in total. The fourth-order valence-electron chi connectivity index (χ4n) is 3.25. The Morgan fingerprint density at radius 1 is 1.06 bits per heavy atom. The lowest BCUT2D eigenvalue weighted by molar-refractivity contribution is -0.113. The number of aromatic nitrogens is 4. The molecule has 0 aliphatic heterocycles. The molecule has 0 radical (unpaired) electrons. The zero-order valence-electron chi connectivity index (χ0n) is 18.8. The smallest absolute Gasteiger partial charge is 0.339 e. The van der Waals surface area contributed by atoms with Crippen LogP contribution in [-0.2, 0) is 9.53 Å². The minimum Gasteiger partial charge on any atom is -0.465 e. The van der Waals surface area contributed by atoms with E-state index in [2.05, 4.69) is 20.5 Å². The van der Waals surface area contributed by atoms with E-state index in [-0.39, 0.29) is 17.2 Å². The number of nitrogens with one attached hydrogen (secondary N) is 1. The summed E-state index contributed by atoms with van der Waals surface area (Å²) in [6.07, 6.45) is 3.26. The lowest BCUT2D eigenvalue weighted by Crippen LogP contribution is -2.17. The van der Waals surface area contributed by atoms with Gasteiger partial charge in [0.1, 0.15) is 0 Å². The molecule has 0 fully saturated rings. The zero-order valence-corrected chi connectivity index (χ0v) is 20.4. The number of carbonyl (C=O) groups is 2. The largest absolute Gasteiger partial charge is 0.465 e. The third kappa shape index (κ3) is 6.07. The maximum Gasteiger partial charge on any atom is 0.339 e. The number of rotatable bonds is 9. The van der Waals surface area contributed by atoms with Crippen LogP contribution in [0.15, 0.2) is 83.1 Å². The van der Waals surface area contributed by atoms with Crippen LogP contribution in [0, 0.1) is 0 Å². The van der Waals surface area contributed by atoms with Crippen LogP contribution in [0.5, 0.6) is 0 Å². The number of halogens is 2. The molecule has 4 aromatic rings. The molecule has 0 saturated carbocycles. The van der Waals surface area contributed by atoms with Gasteiger partial charge >= 0.3 is 5.97 Å². The van der Waals surface area contributed by atoms with Crippen molar-refractivity contribution in [2.45, 2.75) is 15.8 Å². The van der Waals surface area contributed by atoms with E-state index in [1.54, 1.807) is 71.6 Å². The molecule has 2 heterocycles. The molecule has 2 aromatic carbocycles. The summed E-state index contributed by atoms with van der Waals surface area (Å²) in [7, 11) is 1.27.